The summed E-state index contributed by atoms with van der Waals surface area (Å²) in [6, 6.07) is 0. The standard InChI is InChI=1S/C27H54NO9P/c1-5-6-7-8-9-10-11-12-13-14-15-16-17-18-19-20-27(30)34-23-26(37-25(2)29)24-36-38(32,33)35-22-21-28(3,4)31/h26H,5-24H2,1-4H3,(H,32,33). The van der Waals surface area contributed by atoms with Crippen LogP contribution in [0, 0.1) is 5.21 Å². The number of hydroxylamine groups is 3. The molecule has 0 bridgehead atoms. The second-order valence-corrected chi connectivity index (χ2v) is 12.0. The Morgan fingerprint density at radius 3 is 1.74 bits per heavy atom. The van der Waals surface area contributed by atoms with Crippen LogP contribution in [-0.4, -0.2) is 68.0 Å². The van der Waals surface area contributed by atoms with E-state index in [1.54, 1.807) is 0 Å². The third-order valence-corrected chi connectivity index (χ3v) is 7.04. The van der Waals surface area contributed by atoms with Crippen LogP contribution in [0.4, 0.5) is 0 Å². The summed E-state index contributed by atoms with van der Waals surface area (Å²) in [5.41, 5.74) is 0. The van der Waals surface area contributed by atoms with Crippen molar-refractivity contribution >= 4 is 19.8 Å². The molecule has 0 rings (SSSR count). The second kappa shape index (κ2) is 22.8. The summed E-state index contributed by atoms with van der Waals surface area (Å²) in [7, 11) is -1.71. The van der Waals surface area contributed by atoms with Crippen molar-refractivity contribution in [3.05, 3.63) is 5.21 Å². The van der Waals surface area contributed by atoms with Crippen LogP contribution in [0.15, 0.2) is 0 Å². The average molecular weight is 568 g/mol. The maximum atomic E-state index is 12.0. The zero-order valence-electron chi connectivity index (χ0n) is 24.3. The van der Waals surface area contributed by atoms with Crippen molar-refractivity contribution in [2.24, 2.45) is 0 Å². The first-order valence-corrected chi connectivity index (χ1v) is 15.9. The van der Waals surface area contributed by atoms with Gasteiger partial charge in [-0.05, 0) is 6.42 Å². The van der Waals surface area contributed by atoms with E-state index < -0.39 is 37.1 Å². The second-order valence-electron chi connectivity index (χ2n) is 10.5. The SMILES string of the molecule is CCCCCCCCCCCCCCCCCC(=O)OCC(COP(=O)(O)OCC[N+](C)(C)[O-])OC(C)=O. The Kier molecular flexibility index (Phi) is 22.1. The van der Waals surface area contributed by atoms with E-state index in [4.69, 9.17) is 18.5 Å². The third kappa shape index (κ3) is 26.6. The van der Waals surface area contributed by atoms with Crippen LogP contribution in [-0.2, 0) is 32.7 Å². The number of nitrogens with zero attached hydrogens (tertiary/aromatic N) is 1. The molecule has 0 spiro atoms. The van der Waals surface area contributed by atoms with Crippen molar-refractivity contribution in [1.82, 2.24) is 0 Å². The minimum Gasteiger partial charge on any atom is -0.633 e. The van der Waals surface area contributed by atoms with E-state index in [9.17, 15) is 24.3 Å². The zero-order chi connectivity index (χ0) is 28.7. The summed E-state index contributed by atoms with van der Waals surface area (Å²) in [5.74, 6) is -1.06. The van der Waals surface area contributed by atoms with Gasteiger partial charge in [-0.2, -0.15) is 0 Å². The number of esters is 2. The zero-order valence-corrected chi connectivity index (χ0v) is 25.2. The summed E-state index contributed by atoms with van der Waals surface area (Å²) in [6.45, 7) is 2.32. The summed E-state index contributed by atoms with van der Waals surface area (Å²) in [6.07, 6.45) is 17.8. The maximum Gasteiger partial charge on any atom is 0.472 e. The predicted molar refractivity (Wildman–Crippen MR) is 148 cm³/mol. The Labute approximate surface area is 230 Å². The Morgan fingerprint density at radius 1 is 0.816 bits per heavy atom. The lowest BCUT2D eigenvalue weighted by atomic mass is 10.0. The molecular weight excluding hydrogens is 513 g/mol. The van der Waals surface area contributed by atoms with Gasteiger partial charge < -0.3 is 24.2 Å². The molecule has 0 heterocycles. The molecule has 0 radical (unpaired) electrons. The molecule has 0 aromatic heterocycles. The normalized spacial score (nSPS) is 14.2. The summed E-state index contributed by atoms with van der Waals surface area (Å²) in [5, 5.41) is 11.5. The van der Waals surface area contributed by atoms with Crippen LogP contribution in [0.3, 0.4) is 0 Å². The van der Waals surface area contributed by atoms with Crippen molar-refractivity contribution in [2.75, 3.05) is 40.5 Å². The Morgan fingerprint density at radius 2 is 1.29 bits per heavy atom. The minimum atomic E-state index is -4.45. The molecular formula is C27H54NO9P. The lowest BCUT2D eigenvalue weighted by Crippen LogP contribution is -2.35. The molecule has 0 saturated heterocycles. The fourth-order valence-electron chi connectivity index (χ4n) is 3.84. The monoisotopic (exact) mass is 567 g/mol. The molecule has 0 aliphatic rings. The predicted octanol–water partition coefficient (Wildman–Crippen LogP) is 6.43. The van der Waals surface area contributed by atoms with Gasteiger partial charge in [0.1, 0.15) is 19.8 Å². The Balaban J connectivity index is 3.87. The molecule has 2 unspecified atom stereocenters. The van der Waals surface area contributed by atoms with Crippen molar-refractivity contribution in [3.8, 4) is 0 Å². The molecule has 0 fully saturated rings. The van der Waals surface area contributed by atoms with Crippen LogP contribution in [0.2, 0.25) is 0 Å². The van der Waals surface area contributed by atoms with Gasteiger partial charge in [-0.3, -0.25) is 18.6 Å². The largest absolute Gasteiger partial charge is 0.633 e. The van der Waals surface area contributed by atoms with Gasteiger partial charge >= 0.3 is 19.8 Å². The highest BCUT2D eigenvalue weighted by atomic mass is 31.2. The van der Waals surface area contributed by atoms with Crippen LogP contribution in [0.5, 0.6) is 0 Å². The van der Waals surface area contributed by atoms with Gasteiger partial charge in [0.05, 0.1) is 20.7 Å². The summed E-state index contributed by atoms with van der Waals surface area (Å²) in [4.78, 5) is 33.1. The summed E-state index contributed by atoms with van der Waals surface area (Å²) >= 11 is 0. The van der Waals surface area contributed by atoms with Crippen LogP contribution < -0.4 is 0 Å². The number of phosphoric acid groups is 1. The van der Waals surface area contributed by atoms with E-state index in [1.165, 1.54) is 98.1 Å². The van der Waals surface area contributed by atoms with E-state index >= 15 is 0 Å². The third-order valence-electron chi connectivity index (χ3n) is 6.06. The fourth-order valence-corrected chi connectivity index (χ4v) is 4.58. The fraction of sp³-hybridized carbons (Fsp3) is 0.926. The van der Waals surface area contributed by atoms with Gasteiger partial charge in [-0.15, -0.1) is 0 Å². The number of hydrogen-bond acceptors (Lipinski definition) is 8. The molecule has 0 aromatic carbocycles. The van der Waals surface area contributed by atoms with Crippen molar-refractivity contribution in [1.29, 1.82) is 0 Å². The van der Waals surface area contributed by atoms with Gasteiger partial charge in [-0.1, -0.05) is 96.8 Å². The molecule has 0 saturated carbocycles. The number of ether oxygens (including phenoxy) is 2. The van der Waals surface area contributed by atoms with Gasteiger partial charge in [0.2, 0.25) is 0 Å². The van der Waals surface area contributed by atoms with Crippen LogP contribution in [0.1, 0.15) is 117 Å². The Hall–Kier alpha value is -1.03. The van der Waals surface area contributed by atoms with Gasteiger partial charge in [0, 0.05) is 13.3 Å². The quantitative estimate of drug-likeness (QED) is 0.0413. The highest BCUT2D eigenvalue weighted by Gasteiger charge is 2.26. The van der Waals surface area contributed by atoms with E-state index in [-0.39, 0.29) is 26.2 Å². The van der Waals surface area contributed by atoms with Crippen molar-refractivity contribution < 1.29 is 42.2 Å². The number of quaternary nitrogens is 1. The number of carbonyl (C=O) groups excluding carboxylic acids is 2. The Bertz CT molecular complexity index is 655. The number of rotatable bonds is 26. The smallest absolute Gasteiger partial charge is 0.472 e. The molecule has 0 aliphatic carbocycles. The lowest BCUT2D eigenvalue weighted by Gasteiger charge is -2.33. The number of carbonyl (C=O) groups is 2. The minimum absolute atomic E-state index is 0.0434. The van der Waals surface area contributed by atoms with E-state index in [1.807, 2.05) is 0 Å². The molecule has 2 atom stereocenters. The average Bonchev–Trinajstić information content (AvgIpc) is 2.82. The number of unbranched alkanes of at least 4 members (excludes halogenated alkanes) is 14. The number of phosphoric ester groups is 1. The lowest BCUT2D eigenvalue weighted by molar-refractivity contribution is -0.840. The molecule has 226 valence electrons. The number of likely N-dealkylation sites (N-methyl/N-ethyl adjacent to an activating group) is 1. The topological polar surface area (TPSA) is 131 Å². The van der Waals surface area contributed by atoms with Crippen LogP contribution >= 0.6 is 7.82 Å². The maximum absolute atomic E-state index is 12.0. The molecule has 0 amide bonds. The first-order chi connectivity index (χ1) is 17.9. The van der Waals surface area contributed by atoms with Crippen molar-refractivity contribution in [3.63, 3.8) is 0 Å². The molecule has 0 aliphatic heterocycles. The molecule has 1 N–H and O–H groups in total. The first kappa shape index (κ1) is 37.0. The molecule has 0 aromatic rings. The van der Waals surface area contributed by atoms with E-state index in [2.05, 4.69) is 6.92 Å². The highest BCUT2D eigenvalue weighted by molar-refractivity contribution is 7.47. The van der Waals surface area contributed by atoms with Crippen molar-refractivity contribution in [2.45, 2.75) is 123 Å². The van der Waals surface area contributed by atoms with Gasteiger partial charge in [0.15, 0.2) is 6.10 Å². The van der Waals surface area contributed by atoms with Gasteiger partial charge in [-0.25, -0.2) is 4.57 Å². The molecule has 11 heteroatoms. The summed E-state index contributed by atoms with van der Waals surface area (Å²) < 4.78 is 31.0. The number of hydrogen-bond donors (Lipinski definition) is 1. The van der Waals surface area contributed by atoms with E-state index in [0.717, 1.165) is 19.3 Å². The first-order valence-electron chi connectivity index (χ1n) is 14.4. The molecule has 10 nitrogen and oxygen atoms in total. The van der Waals surface area contributed by atoms with Gasteiger partial charge in [0.25, 0.3) is 0 Å². The molecule has 38 heavy (non-hydrogen) atoms. The highest BCUT2D eigenvalue weighted by Crippen LogP contribution is 2.43. The van der Waals surface area contributed by atoms with Crippen LogP contribution in [0.25, 0.3) is 0 Å². The van der Waals surface area contributed by atoms with E-state index in [0.29, 0.717) is 0 Å².